The molecule has 7 heteroatoms. The fourth-order valence-electron chi connectivity index (χ4n) is 3.61. The summed E-state index contributed by atoms with van der Waals surface area (Å²) in [4.78, 5) is 27.0. The first-order valence-corrected chi connectivity index (χ1v) is 9.78. The van der Waals surface area contributed by atoms with Gasteiger partial charge < -0.3 is 14.7 Å². The summed E-state index contributed by atoms with van der Waals surface area (Å²) < 4.78 is 19.6. The Bertz CT molecular complexity index is 898. The highest BCUT2D eigenvalue weighted by molar-refractivity contribution is 5.87. The Kier molecular flexibility index (Phi) is 6.84. The molecule has 0 radical (unpaired) electrons. The van der Waals surface area contributed by atoms with E-state index in [-0.39, 0.29) is 29.4 Å². The maximum absolute atomic E-state index is 13.4. The van der Waals surface area contributed by atoms with E-state index >= 15 is 0 Å². The molecule has 1 heterocycles. The van der Waals surface area contributed by atoms with Crippen LogP contribution in [0.4, 0.5) is 4.39 Å². The van der Waals surface area contributed by atoms with Crippen LogP contribution in [0, 0.1) is 5.82 Å². The lowest BCUT2D eigenvalue weighted by molar-refractivity contribution is -0.130. The standard InChI is InChI=1S/C23H25FN2O4/c1-3-22(27)26-13-12-25(14-16(26)2)15-21(17-4-8-19(24)9-5-17)30-20-10-6-18(7-11-20)23(28)29/h3-11,16,21H,1,12-15H2,2H3,(H,28,29)/t16-,21?/m1/s1. The van der Waals surface area contributed by atoms with Crippen molar-refractivity contribution in [3.8, 4) is 5.75 Å². The molecule has 158 valence electrons. The van der Waals surface area contributed by atoms with Gasteiger partial charge in [0.15, 0.2) is 0 Å². The van der Waals surface area contributed by atoms with Crippen molar-refractivity contribution >= 4 is 11.9 Å². The number of halogens is 1. The number of hydrogen-bond donors (Lipinski definition) is 1. The van der Waals surface area contributed by atoms with Gasteiger partial charge in [-0.05, 0) is 55.0 Å². The molecule has 1 saturated heterocycles. The summed E-state index contributed by atoms with van der Waals surface area (Å²) in [5.41, 5.74) is 0.994. The number of carboxylic acid groups (broad SMARTS) is 1. The Morgan fingerprint density at radius 1 is 1.20 bits per heavy atom. The minimum Gasteiger partial charge on any atom is -0.484 e. The smallest absolute Gasteiger partial charge is 0.335 e. The van der Waals surface area contributed by atoms with Crippen LogP contribution in [0.3, 0.4) is 0 Å². The van der Waals surface area contributed by atoms with Crippen molar-refractivity contribution in [1.82, 2.24) is 9.80 Å². The molecule has 2 atom stereocenters. The van der Waals surface area contributed by atoms with E-state index < -0.39 is 5.97 Å². The van der Waals surface area contributed by atoms with Gasteiger partial charge in [0.05, 0.1) is 5.56 Å². The van der Waals surface area contributed by atoms with Gasteiger partial charge in [-0.3, -0.25) is 9.69 Å². The number of carboxylic acids is 1. The molecule has 6 nitrogen and oxygen atoms in total. The third-order valence-corrected chi connectivity index (χ3v) is 5.21. The average molecular weight is 412 g/mol. The molecule has 30 heavy (non-hydrogen) atoms. The first-order valence-electron chi connectivity index (χ1n) is 9.78. The van der Waals surface area contributed by atoms with Gasteiger partial charge in [0, 0.05) is 32.2 Å². The van der Waals surface area contributed by atoms with E-state index in [1.807, 2.05) is 6.92 Å². The SMILES string of the molecule is C=CC(=O)N1CCN(CC(Oc2ccc(C(=O)O)cc2)c2ccc(F)cc2)C[C@H]1C. The van der Waals surface area contributed by atoms with Crippen molar-refractivity contribution in [3.05, 3.63) is 78.1 Å². The highest BCUT2D eigenvalue weighted by atomic mass is 19.1. The van der Waals surface area contributed by atoms with Gasteiger partial charge in [0.25, 0.3) is 0 Å². The van der Waals surface area contributed by atoms with Crippen LogP contribution in [-0.2, 0) is 4.79 Å². The summed E-state index contributed by atoms with van der Waals surface area (Å²) in [7, 11) is 0. The maximum Gasteiger partial charge on any atom is 0.335 e. The Balaban J connectivity index is 1.75. The summed E-state index contributed by atoms with van der Waals surface area (Å²) in [6.07, 6.45) is 0.951. The van der Waals surface area contributed by atoms with Crippen LogP contribution in [0.15, 0.2) is 61.2 Å². The van der Waals surface area contributed by atoms with Crippen LogP contribution in [0.2, 0.25) is 0 Å². The molecule has 0 bridgehead atoms. The third-order valence-electron chi connectivity index (χ3n) is 5.21. The number of nitrogens with zero attached hydrogens (tertiary/aromatic N) is 2. The zero-order chi connectivity index (χ0) is 21.7. The minimum atomic E-state index is -1.00. The van der Waals surface area contributed by atoms with Crippen molar-refractivity contribution < 1.29 is 23.8 Å². The predicted molar refractivity (Wildman–Crippen MR) is 111 cm³/mol. The summed E-state index contributed by atoms with van der Waals surface area (Å²) in [6, 6.07) is 12.4. The average Bonchev–Trinajstić information content (AvgIpc) is 2.74. The number of rotatable bonds is 7. The molecule has 1 aliphatic rings. The Labute approximate surface area is 175 Å². The Morgan fingerprint density at radius 2 is 1.87 bits per heavy atom. The Hall–Kier alpha value is -3.19. The van der Waals surface area contributed by atoms with E-state index in [0.717, 1.165) is 5.56 Å². The van der Waals surface area contributed by atoms with Crippen molar-refractivity contribution in [2.24, 2.45) is 0 Å². The number of carbonyl (C=O) groups is 2. The van der Waals surface area contributed by atoms with Crippen LogP contribution >= 0.6 is 0 Å². The van der Waals surface area contributed by atoms with Crippen molar-refractivity contribution in [1.29, 1.82) is 0 Å². The molecular formula is C23H25FN2O4. The van der Waals surface area contributed by atoms with Gasteiger partial charge in [0.2, 0.25) is 5.91 Å². The quantitative estimate of drug-likeness (QED) is 0.707. The summed E-state index contributed by atoms with van der Waals surface area (Å²) in [6.45, 7) is 8.05. The van der Waals surface area contributed by atoms with Gasteiger partial charge in [-0.2, -0.15) is 0 Å². The molecule has 3 rings (SSSR count). The van der Waals surface area contributed by atoms with Crippen molar-refractivity contribution in [3.63, 3.8) is 0 Å². The van der Waals surface area contributed by atoms with Crippen LogP contribution < -0.4 is 4.74 Å². The van der Waals surface area contributed by atoms with Crippen LogP contribution in [0.5, 0.6) is 5.75 Å². The molecule has 0 spiro atoms. The molecule has 0 aliphatic carbocycles. The van der Waals surface area contributed by atoms with Gasteiger partial charge in [-0.25, -0.2) is 9.18 Å². The van der Waals surface area contributed by atoms with E-state index in [4.69, 9.17) is 9.84 Å². The highest BCUT2D eigenvalue weighted by Gasteiger charge is 2.28. The van der Waals surface area contributed by atoms with E-state index in [1.165, 1.54) is 30.3 Å². The van der Waals surface area contributed by atoms with Gasteiger partial charge >= 0.3 is 5.97 Å². The number of aromatic carboxylic acids is 1. The monoisotopic (exact) mass is 412 g/mol. The lowest BCUT2D eigenvalue weighted by Gasteiger charge is -2.40. The molecule has 0 saturated carbocycles. The van der Waals surface area contributed by atoms with Crippen molar-refractivity contribution in [2.75, 3.05) is 26.2 Å². The molecule has 0 aromatic heterocycles. The van der Waals surface area contributed by atoms with E-state index in [9.17, 15) is 14.0 Å². The summed E-state index contributed by atoms with van der Waals surface area (Å²) in [5, 5.41) is 9.06. The molecule has 1 N–H and O–H groups in total. The van der Waals surface area contributed by atoms with Crippen molar-refractivity contribution in [2.45, 2.75) is 19.1 Å². The molecular weight excluding hydrogens is 387 g/mol. The molecule has 1 amide bonds. The molecule has 1 unspecified atom stereocenters. The fraction of sp³-hybridized carbons (Fsp3) is 0.304. The van der Waals surface area contributed by atoms with Crippen LogP contribution in [0.1, 0.15) is 28.9 Å². The molecule has 1 aliphatic heterocycles. The largest absolute Gasteiger partial charge is 0.484 e. The zero-order valence-electron chi connectivity index (χ0n) is 16.8. The van der Waals surface area contributed by atoms with Crippen LogP contribution in [-0.4, -0.2) is 59.0 Å². The number of amides is 1. The number of benzene rings is 2. The second-order valence-corrected chi connectivity index (χ2v) is 7.33. The number of ether oxygens (including phenoxy) is 1. The predicted octanol–water partition coefficient (Wildman–Crippen LogP) is 3.36. The second-order valence-electron chi connectivity index (χ2n) is 7.33. The lowest BCUT2D eigenvalue weighted by atomic mass is 10.1. The molecule has 2 aromatic rings. The lowest BCUT2D eigenvalue weighted by Crippen LogP contribution is -2.54. The molecule has 1 fully saturated rings. The molecule has 2 aromatic carbocycles. The van der Waals surface area contributed by atoms with Crippen LogP contribution in [0.25, 0.3) is 0 Å². The second kappa shape index (κ2) is 9.54. The maximum atomic E-state index is 13.4. The highest BCUT2D eigenvalue weighted by Crippen LogP contribution is 2.25. The number of hydrogen-bond acceptors (Lipinski definition) is 4. The topological polar surface area (TPSA) is 70.1 Å². The normalized spacial score (nSPS) is 17.9. The Morgan fingerprint density at radius 3 is 2.43 bits per heavy atom. The summed E-state index contributed by atoms with van der Waals surface area (Å²) >= 11 is 0. The minimum absolute atomic E-state index is 0.0352. The number of piperazine rings is 1. The zero-order valence-corrected chi connectivity index (χ0v) is 16.8. The van der Waals surface area contributed by atoms with E-state index in [1.54, 1.807) is 29.2 Å². The first-order chi connectivity index (χ1) is 14.4. The summed E-state index contributed by atoms with van der Waals surface area (Å²) in [5.74, 6) is -0.874. The van der Waals surface area contributed by atoms with Gasteiger partial charge in [0.1, 0.15) is 17.7 Å². The van der Waals surface area contributed by atoms with E-state index in [2.05, 4.69) is 11.5 Å². The third kappa shape index (κ3) is 5.24. The number of carbonyl (C=O) groups excluding carboxylic acids is 1. The van der Waals surface area contributed by atoms with Gasteiger partial charge in [-0.1, -0.05) is 18.7 Å². The van der Waals surface area contributed by atoms with E-state index in [0.29, 0.717) is 31.9 Å². The fourth-order valence-corrected chi connectivity index (χ4v) is 3.61. The first kappa shape index (κ1) is 21.5. The van der Waals surface area contributed by atoms with Gasteiger partial charge in [-0.15, -0.1) is 0 Å².